The quantitative estimate of drug-likeness (QED) is 0.641. The Kier molecular flexibility index (Phi) is 2.18. The lowest BCUT2D eigenvalue weighted by atomic mass is 9.78. The van der Waals surface area contributed by atoms with E-state index in [0.717, 1.165) is 19.3 Å². The fourth-order valence-corrected chi connectivity index (χ4v) is 2.54. The molecule has 3 atom stereocenters. The summed E-state index contributed by atoms with van der Waals surface area (Å²) in [5.41, 5.74) is 0. The van der Waals surface area contributed by atoms with Crippen LogP contribution in [-0.2, 0) is 4.79 Å². The van der Waals surface area contributed by atoms with Crippen molar-refractivity contribution in [3.05, 3.63) is 0 Å². The molecule has 1 N–H and O–H groups in total. The van der Waals surface area contributed by atoms with E-state index in [0.29, 0.717) is 17.7 Å². The van der Waals surface area contributed by atoms with E-state index >= 15 is 0 Å². The molecule has 0 amide bonds. The minimum absolute atomic E-state index is 0.211. The van der Waals surface area contributed by atoms with E-state index in [1.807, 2.05) is 0 Å². The maximum atomic E-state index is 11.7. The fraction of sp³-hybridized carbons (Fsp3) is 0.900. The molecule has 0 radical (unpaired) electrons. The first kappa shape index (κ1) is 8.24. The third kappa shape index (κ3) is 1.28. The van der Waals surface area contributed by atoms with Crippen LogP contribution < -0.4 is 5.32 Å². The van der Waals surface area contributed by atoms with Gasteiger partial charge in [-0.25, -0.2) is 0 Å². The van der Waals surface area contributed by atoms with Crippen molar-refractivity contribution in [3.63, 3.8) is 0 Å². The molecular weight excluding hydrogens is 150 g/mol. The Morgan fingerprint density at radius 3 is 3.08 bits per heavy atom. The lowest BCUT2D eigenvalue weighted by molar-refractivity contribution is -0.128. The van der Waals surface area contributed by atoms with Gasteiger partial charge >= 0.3 is 0 Å². The summed E-state index contributed by atoms with van der Waals surface area (Å²) in [5, 5.41) is 3.42. The summed E-state index contributed by atoms with van der Waals surface area (Å²) in [6, 6.07) is 0.855. The molecule has 2 rings (SSSR count). The average Bonchev–Trinajstić information content (AvgIpc) is 2.12. The van der Waals surface area contributed by atoms with Crippen molar-refractivity contribution in [2.24, 2.45) is 5.92 Å². The summed E-state index contributed by atoms with van der Waals surface area (Å²) in [5.74, 6) is 0.843. The van der Waals surface area contributed by atoms with E-state index in [9.17, 15) is 4.79 Å². The van der Waals surface area contributed by atoms with E-state index in [4.69, 9.17) is 0 Å². The highest BCUT2D eigenvalue weighted by atomic mass is 16.1. The van der Waals surface area contributed by atoms with Gasteiger partial charge in [0.1, 0.15) is 0 Å². The van der Waals surface area contributed by atoms with Crippen LogP contribution >= 0.6 is 0 Å². The van der Waals surface area contributed by atoms with Crippen molar-refractivity contribution >= 4 is 5.78 Å². The monoisotopic (exact) mass is 167 g/mol. The molecule has 2 fully saturated rings. The SMILES string of the molecule is CCC1C[C@H]2CCC[C@H](N2)C1=O. The number of rotatable bonds is 1. The Balaban J connectivity index is 2.09. The average molecular weight is 167 g/mol. The van der Waals surface area contributed by atoms with Crippen molar-refractivity contribution in [1.82, 2.24) is 5.32 Å². The van der Waals surface area contributed by atoms with Gasteiger partial charge in [0.25, 0.3) is 0 Å². The maximum absolute atomic E-state index is 11.7. The summed E-state index contributed by atoms with van der Waals surface area (Å²) < 4.78 is 0. The second-order valence-corrected chi connectivity index (χ2v) is 4.09. The van der Waals surface area contributed by atoms with Gasteiger partial charge in [0.05, 0.1) is 6.04 Å². The van der Waals surface area contributed by atoms with Gasteiger partial charge in [-0.3, -0.25) is 4.79 Å². The van der Waals surface area contributed by atoms with Crippen LogP contribution in [0, 0.1) is 5.92 Å². The van der Waals surface area contributed by atoms with Crippen LogP contribution in [0.4, 0.5) is 0 Å². The van der Waals surface area contributed by atoms with E-state index in [1.165, 1.54) is 12.8 Å². The van der Waals surface area contributed by atoms with Crippen molar-refractivity contribution in [3.8, 4) is 0 Å². The van der Waals surface area contributed by atoms with Crippen LogP contribution in [0.1, 0.15) is 39.0 Å². The summed E-state index contributed by atoms with van der Waals surface area (Å²) in [6.45, 7) is 2.13. The maximum Gasteiger partial charge on any atom is 0.152 e. The summed E-state index contributed by atoms with van der Waals surface area (Å²) in [6.07, 6.45) is 5.72. The molecule has 2 heterocycles. The molecule has 0 aromatic heterocycles. The molecule has 12 heavy (non-hydrogen) atoms. The summed E-state index contributed by atoms with van der Waals surface area (Å²) >= 11 is 0. The number of carbonyl (C=O) groups excluding carboxylic acids is 1. The van der Waals surface area contributed by atoms with Crippen LogP contribution in [0.25, 0.3) is 0 Å². The van der Waals surface area contributed by atoms with Gasteiger partial charge in [-0.2, -0.15) is 0 Å². The van der Waals surface area contributed by atoms with Crippen molar-refractivity contribution < 1.29 is 4.79 Å². The third-order valence-corrected chi connectivity index (χ3v) is 3.29. The topological polar surface area (TPSA) is 29.1 Å². The Hall–Kier alpha value is -0.370. The number of piperidine rings is 2. The zero-order chi connectivity index (χ0) is 8.55. The normalized spacial score (nSPS) is 41.4. The van der Waals surface area contributed by atoms with Crippen LogP contribution in [0.2, 0.25) is 0 Å². The molecule has 2 heteroatoms. The Bertz CT molecular complexity index is 186. The molecule has 1 unspecified atom stereocenters. The van der Waals surface area contributed by atoms with Gasteiger partial charge in [0, 0.05) is 12.0 Å². The number of ketones is 1. The Morgan fingerprint density at radius 2 is 2.33 bits per heavy atom. The van der Waals surface area contributed by atoms with E-state index < -0.39 is 0 Å². The number of carbonyl (C=O) groups is 1. The molecule has 2 aliphatic rings. The second-order valence-electron chi connectivity index (χ2n) is 4.09. The van der Waals surface area contributed by atoms with E-state index in [1.54, 1.807) is 0 Å². The van der Waals surface area contributed by atoms with Gasteiger partial charge in [-0.1, -0.05) is 6.92 Å². The molecule has 0 aliphatic carbocycles. The summed E-state index contributed by atoms with van der Waals surface area (Å²) in [7, 11) is 0. The predicted octanol–water partition coefficient (Wildman–Crippen LogP) is 1.50. The molecule has 0 spiro atoms. The number of hydrogen-bond donors (Lipinski definition) is 1. The molecule has 0 aromatic rings. The second kappa shape index (κ2) is 3.17. The summed E-state index contributed by atoms with van der Waals surface area (Å²) in [4.78, 5) is 11.7. The third-order valence-electron chi connectivity index (χ3n) is 3.29. The highest BCUT2D eigenvalue weighted by molar-refractivity contribution is 5.87. The smallest absolute Gasteiger partial charge is 0.152 e. The van der Waals surface area contributed by atoms with Crippen LogP contribution in [0.15, 0.2) is 0 Å². The minimum Gasteiger partial charge on any atom is -0.305 e. The zero-order valence-corrected chi connectivity index (χ0v) is 7.68. The fourth-order valence-electron chi connectivity index (χ4n) is 2.54. The molecule has 2 saturated heterocycles. The first-order chi connectivity index (χ1) is 5.81. The van der Waals surface area contributed by atoms with Gasteiger partial charge < -0.3 is 5.32 Å². The number of fused-ring (bicyclic) bond motifs is 2. The molecule has 68 valence electrons. The first-order valence-corrected chi connectivity index (χ1v) is 5.11. The zero-order valence-electron chi connectivity index (χ0n) is 7.68. The van der Waals surface area contributed by atoms with Gasteiger partial charge in [-0.05, 0) is 32.1 Å². The molecule has 2 nitrogen and oxygen atoms in total. The highest BCUT2D eigenvalue weighted by Crippen LogP contribution is 2.28. The van der Waals surface area contributed by atoms with Crippen molar-refractivity contribution in [2.75, 3.05) is 0 Å². The highest BCUT2D eigenvalue weighted by Gasteiger charge is 2.36. The lowest BCUT2D eigenvalue weighted by Gasteiger charge is -2.38. The molecule has 2 bridgehead atoms. The largest absolute Gasteiger partial charge is 0.305 e. The lowest BCUT2D eigenvalue weighted by Crippen LogP contribution is -2.54. The van der Waals surface area contributed by atoms with E-state index in [-0.39, 0.29) is 6.04 Å². The number of nitrogens with one attached hydrogen (secondary N) is 1. The minimum atomic E-state index is 0.211. The van der Waals surface area contributed by atoms with Crippen LogP contribution in [0.3, 0.4) is 0 Å². The molecular formula is C10H17NO. The molecule has 2 aliphatic heterocycles. The van der Waals surface area contributed by atoms with Gasteiger partial charge in [0.15, 0.2) is 5.78 Å². The predicted molar refractivity (Wildman–Crippen MR) is 48.0 cm³/mol. The Labute approximate surface area is 73.7 Å². The van der Waals surface area contributed by atoms with Crippen molar-refractivity contribution in [1.29, 1.82) is 0 Å². The first-order valence-electron chi connectivity index (χ1n) is 5.11. The van der Waals surface area contributed by atoms with Crippen LogP contribution in [0.5, 0.6) is 0 Å². The van der Waals surface area contributed by atoms with Crippen LogP contribution in [-0.4, -0.2) is 17.9 Å². The number of hydrogen-bond acceptors (Lipinski definition) is 2. The number of Topliss-reactive ketones (excluding diaryl/α,β-unsaturated/α-hetero) is 1. The standard InChI is InChI=1S/C10H17NO/c1-2-7-6-8-4-3-5-9(11-8)10(7)12/h7-9,11H,2-6H2,1H3/t7?,8-,9+/m1/s1. The van der Waals surface area contributed by atoms with Gasteiger partial charge in [-0.15, -0.1) is 0 Å². The molecule has 0 aromatic carbocycles. The van der Waals surface area contributed by atoms with E-state index in [2.05, 4.69) is 12.2 Å². The molecule has 0 saturated carbocycles. The Morgan fingerprint density at radius 1 is 1.50 bits per heavy atom. The van der Waals surface area contributed by atoms with Crippen molar-refractivity contribution in [2.45, 2.75) is 51.1 Å². The van der Waals surface area contributed by atoms with Gasteiger partial charge in [0.2, 0.25) is 0 Å².